The maximum absolute atomic E-state index is 9.45. The van der Waals surface area contributed by atoms with Gasteiger partial charge in [-0.05, 0) is 0 Å². The van der Waals surface area contributed by atoms with Crippen LogP contribution in [0.25, 0.3) is 0 Å². The molecule has 0 radical (unpaired) electrons. The summed E-state index contributed by atoms with van der Waals surface area (Å²) in [6, 6.07) is 1.33. The minimum atomic E-state index is -0.500. The van der Waals surface area contributed by atoms with Crippen molar-refractivity contribution in [3.63, 3.8) is 0 Å². The summed E-state index contributed by atoms with van der Waals surface area (Å²) < 4.78 is 0. The Labute approximate surface area is 39.9 Å². The summed E-state index contributed by atoms with van der Waals surface area (Å²) in [6.07, 6.45) is 0.160. The third-order valence-corrected chi connectivity index (χ3v) is 0.348. The van der Waals surface area contributed by atoms with E-state index in [4.69, 9.17) is 5.26 Å². The Kier molecular flexibility index (Phi) is 2.27. The molecule has 0 rings (SSSR count). The summed E-state index contributed by atoms with van der Waals surface area (Å²) in [5.41, 5.74) is -0.500. The molecule has 3 nitrogen and oxygen atoms in total. The van der Waals surface area contributed by atoms with Crippen LogP contribution in [0.2, 0.25) is 0 Å². The van der Waals surface area contributed by atoms with Gasteiger partial charge in [-0.1, -0.05) is 0 Å². The van der Waals surface area contributed by atoms with Gasteiger partial charge in [-0.3, -0.25) is 4.79 Å². The van der Waals surface area contributed by atoms with Gasteiger partial charge in [0.15, 0.2) is 11.9 Å². The molecule has 0 aromatic carbocycles. The Bertz CT molecular complexity index is 159. The lowest BCUT2D eigenvalue weighted by atomic mass is 10.4. The lowest BCUT2D eigenvalue weighted by Crippen LogP contribution is -1.76. The average Bonchev–Trinajstić information content (AvgIpc) is 1.72. The van der Waals surface area contributed by atoms with Crippen molar-refractivity contribution in [2.45, 2.75) is 0 Å². The van der Waals surface area contributed by atoms with Crippen LogP contribution in [0.3, 0.4) is 0 Å². The van der Waals surface area contributed by atoms with Gasteiger partial charge in [-0.15, -0.1) is 0 Å². The van der Waals surface area contributed by atoms with Gasteiger partial charge in [0.2, 0.25) is 0 Å². The van der Waals surface area contributed by atoms with E-state index >= 15 is 0 Å². The third kappa shape index (κ3) is 1.48. The minimum absolute atomic E-state index is 0.160. The second-order valence-electron chi connectivity index (χ2n) is 0.745. The number of rotatable bonds is 1. The van der Waals surface area contributed by atoms with Crippen molar-refractivity contribution in [2.24, 2.45) is 0 Å². The number of nitriles is 1. The number of carbonyl (C=O) groups is 1. The molecule has 0 aliphatic carbocycles. The predicted octanol–water partition coefficient (Wildman–Crippen LogP) is -0.533. The normalized spacial score (nSPS) is 5.57. The van der Waals surface area contributed by atoms with E-state index in [1.165, 1.54) is 6.07 Å². The zero-order valence-corrected chi connectivity index (χ0v) is 3.34. The quantitative estimate of drug-likeness (QED) is 0.190. The molecule has 0 N–H and O–H groups in total. The molecule has 0 spiro atoms. The second-order valence-corrected chi connectivity index (χ2v) is 0.745. The van der Waals surface area contributed by atoms with Gasteiger partial charge in [0, 0.05) is 0 Å². The van der Waals surface area contributed by atoms with E-state index < -0.39 is 5.57 Å². The van der Waals surface area contributed by atoms with E-state index in [0.29, 0.717) is 0 Å². The smallest absolute Gasteiger partial charge is 0.175 e. The first kappa shape index (κ1) is 5.61. The third-order valence-electron chi connectivity index (χ3n) is 0.348. The summed E-state index contributed by atoms with van der Waals surface area (Å²) in [7, 11) is 0. The molecule has 0 amide bonds. The van der Waals surface area contributed by atoms with Gasteiger partial charge in [0.05, 0.1) is 0 Å². The molecule has 0 fully saturated rings. The lowest BCUT2D eigenvalue weighted by Gasteiger charge is -1.59. The Morgan fingerprint density at radius 1 is 1.71 bits per heavy atom. The topological polar surface area (TPSA) is 57.9 Å². The number of aldehydes is 1. The molecule has 3 heteroatoms. The first-order valence-corrected chi connectivity index (χ1v) is 1.45. The largest absolute Gasteiger partial charge is 0.296 e. The highest BCUT2D eigenvalue weighted by atomic mass is 16.1. The molecule has 7 heavy (non-hydrogen) atoms. The fourth-order valence-corrected chi connectivity index (χ4v) is 0.0732. The molecular weight excluding hydrogens is 94.0 g/mol. The molecule has 0 aromatic rings. The highest BCUT2D eigenvalue weighted by Crippen LogP contribution is 1.70. The molecule has 0 atom stereocenters. The lowest BCUT2D eigenvalue weighted by molar-refractivity contribution is -0.104. The van der Waals surface area contributed by atoms with Gasteiger partial charge in [-0.2, -0.15) is 5.26 Å². The second kappa shape index (κ2) is 2.83. The minimum Gasteiger partial charge on any atom is -0.296 e. The summed E-state index contributed by atoms with van der Waals surface area (Å²) in [6.45, 7) is 0. The Balaban J connectivity index is 4.24. The van der Waals surface area contributed by atoms with Crippen LogP contribution in [0.4, 0.5) is 0 Å². The average molecular weight is 95.1 g/mol. The van der Waals surface area contributed by atoms with Gasteiger partial charge in [-0.25, -0.2) is 4.79 Å². The van der Waals surface area contributed by atoms with Crippen LogP contribution in [0.5, 0.6) is 0 Å². The summed E-state index contributed by atoms with van der Waals surface area (Å²) in [4.78, 5) is 18.8. The highest BCUT2D eigenvalue weighted by molar-refractivity contribution is 5.90. The van der Waals surface area contributed by atoms with Crippen molar-refractivity contribution in [2.75, 3.05) is 0 Å². The maximum atomic E-state index is 9.45. The molecule has 0 saturated carbocycles. The van der Waals surface area contributed by atoms with Gasteiger partial charge in [0.25, 0.3) is 0 Å². The Hall–Kier alpha value is -1.39. The SMILES string of the molecule is N#CC(=C=O)C=O. The van der Waals surface area contributed by atoms with Crippen LogP contribution in [0.1, 0.15) is 0 Å². The summed E-state index contributed by atoms with van der Waals surface area (Å²) in [5, 5.41) is 7.75. The highest BCUT2D eigenvalue weighted by Gasteiger charge is 1.85. The number of hydrogen-bond donors (Lipinski definition) is 0. The molecule has 0 aliphatic rings. The first-order valence-electron chi connectivity index (χ1n) is 1.45. The molecule has 34 valence electrons. The van der Waals surface area contributed by atoms with Gasteiger partial charge >= 0.3 is 0 Å². The molecule has 0 unspecified atom stereocenters. The maximum Gasteiger partial charge on any atom is 0.175 e. The standard InChI is InChI=1S/C4HNO2/c5-1-4(2-6)3-7/h2H. The zero-order chi connectivity index (χ0) is 5.70. The fraction of sp³-hybridized carbons (Fsp3) is 0. The Morgan fingerprint density at radius 2 is 2.29 bits per heavy atom. The molecule has 0 heterocycles. The molecular formula is C4HNO2. The van der Waals surface area contributed by atoms with E-state index in [1.54, 1.807) is 0 Å². The number of allylic oxidation sites excluding steroid dienone is 1. The van der Waals surface area contributed by atoms with Crippen LogP contribution in [-0.4, -0.2) is 12.2 Å². The molecule has 0 saturated heterocycles. The summed E-state index contributed by atoms with van der Waals surface area (Å²) in [5.74, 6) is 1.14. The first-order chi connectivity index (χ1) is 3.35. The van der Waals surface area contributed by atoms with Crippen LogP contribution in [-0.2, 0) is 9.59 Å². The van der Waals surface area contributed by atoms with Crippen molar-refractivity contribution >= 4 is 12.2 Å². The van der Waals surface area contributed by atoms with Crippen molar-refractivity contribution in [1.29, 1.82) is 5.26 Å². The molecule has 0 aliphatic heterocycles. The van der Waals surface area contributed by atoms with Crippen molar-refractivity contribution in [1.82, 2.24) is 0 Å². The van der Waals surface area contributed by atoms with E-state index in [2.05, 4.69) is 0 Å². The number of hydrogen-bond acceptors (Lipinski definition) is 3. The van der Waals surface area contributed by atoms with Crippen LogP contribution >= 0.6 is 0 Å². The van der Waals surface area contributed by atoms with Gasteiger partial charge in [0.1, 0.15) is 12.0 Å². The Morgan fingerprint density at radius 3 is 2.29 bits per heavy atom. The summed E-state index contributed by atoms with van der Waals surface area (Å²) >= 11 is 0. The van der Waals surface area contributed by atoms with Crippen LogP contribution in [0.15, 0.2) is 5.57 Å². The number of nitrogens with zero attached hydrogens (tertiary/aromatic N) is 1. The van der Waals surface area contributed by atoms with E-state index in [1.807, 2.05) is 0 Å². The van der Waals surface area contributed by atoms with E-state index in [9.17, 15) is 9.59 Å². The molecule has 0 aromatic heterocycles. The molecule has 0 bridgehead atoms. The van der Waals surface area contributed by atoms with Gasteiger partial charge < -0.3 is 0 Å². The van der Waals surface area contributed by atoms with E-state index in [-0.39, 0.29) is 6.29 Å². The predicted molar refractivity (Wildman–Crippen MR) is 20.9 cm³/mol. The van der Waals surface area contributed by atoms with Crippen molar-refractivity contribution in [3.8, 4) is 6.07 Å². The zero-order valence-electron chi connectivity index (χ0n) is 3.34. The van der Waals surface area contributed by atoms with E-state index in [0.717, 1.165) is 5.94 Å². The number of carbonyl (C=O) groups excluding carboxylic acids is 2. The monoisotopic (exact) mass is 95.0 g/mol. The fourth-order valence-electron chi connectivity index (χ4n) is 0.0732. The van der Waals surface area contributed by atoms with Crippen LogP contribution in [0, 0.1) is 11.3 Å². The van der Waals surface area contributed by atoms with Crippen molar-refractivity contribution < 1.29 is 9.59 Å². The van der Waals surface area contributed by atoms with Crippen LogP contribution < -0.4 is 0 Å². The van der Waals surface area contributed by atoms with Crippen molar-refractivity contribution in [3.05, 3.63) is 5.57 Å².